The fourth-order valence-corrected chi connectivity index (χ4v) is 2.54. The number of hydrogen-bond acceptors (Lipinski definition) is 4. The Kier molecular flexibility index (Phi) is 6.66. The Morgan fingerprint density at radius 1 is 1.29 bits per heavy atom. The lowest BCUT2D eigenvalue weighted by molar-refractivity contribution is -0.120. The van der Waals surface area contributed by atoms with Crippen molar-refractivity contribution in [1.29, 1.82) is 0 Å². The van der Waals surface area contributed by atoms with Gasteiger partial charge in [-0.1, -0.05) is 24.3 Å². The van der Waals surface area contributed by atoms with E-state index >= 15 is 0 Å². The van der Waals surface area contributed by atoms with E-state index in [1.165, 1.54) is 11.1 Å². The lowest BCUT2D eigenvalue weighted by atomic mass is 10.00. The molecule has 0 saturated carbocycles. The predicted molar refractivity (Wildman–Crippen MR) is 83.2 cm³/mol. The van der Waals surface area contributed by atoms with Crippen molar-refractivity contribution in [3.8, 4) is 0 Å². The second-order valence-corrected chi connectivity index (χ2v) is 5.31. The van der Waals surface area contributed by atoms with Crippen molar-refractivity contribution in [2.45, 2.75) is 13.0 Å². The zero-order valence-corrected chi connectivity index (χ0v) is 12.7. The Morgan fingerprint density at radius 2 is 2.10 bits per heavy atom. The third-order valence-electron chi connectivity index (χ3n) is 3.73. The minimum Gasteiger partial charge on any atom is -0.383 e. The van der Waals surface area contributed by atoms with Gasteiger partial charge in [-0.05, 0) is 17.5 Å². The lowest BCUT2D eigenvalue weighted by Gasteiger charge is -2.28. The molecule has 5 heteroatoms. The molecule has 1 amide bonds. The van der Waals surface area contributed by atoms with Crippen LogP contribution >= 0.6 is 0 Å². The van der Waals surface area contributed by atoms with E-state index in [1.807, 2.05) is 0 Å². The lowest BCUT2D eigenvalue weighted by Crippen LogP contribution is -2.41. The van der Waals surface area contributed by atoms with Crippen molar-refractivity contribution in [1.82, 2.24) is 15.5 Å². The third-order valence-corrected chi connectivity index (χ3v) is 3.73. The molecule has 0 fully saturated rings. The van der Waals surface area contributed by atoms with Crippen LogP contribution in [0.15, 0.2) is 24.3 Å². The standard InChI is InChI=1S/C16H25N3O2/c1-21-11-8-17-12-16(20)18-7-10-19-9-6-14-4-2-3-5-15(14)13-19/h2-5,17H,6-13H2,1H3,(H,18,20). The number of fused-ring (bicyclic) bond motifs is 1. The molecule has 0 spiro atoms. The molecule has 0 bridgehead atoms. The van der Waals surface area contributed by atoms with Gasteiger partial charge in [-0.25, -0.2) is 0 Å². The Morgan fingerprint density at radius 3 is 2.90 bits per heavy atom. The zero-order valence-electron chi connectivity index (χ0n) is 12.7. The van der Waals surface area contributed by atoms with Crippen LogP contribution in [0.4, 0.5) is 0 Å². The van der Waals surface area contributed by atoms with Crippen LogP contribution in [0.1, 0.15) is 11.1 Å². The topological polar surface area (TPSA) is 53.6 Å². The number of nitrogens with zero attached hydrogens (tertiary/aromatic N) is 1. The molecule has 21 heavy (non-hydrogen) atoms. The van der Waals surface area contributed by atoms with Gasteiger partial charge in [0.2, 0.25) is 5.91 Å². The number of rotatable bonds is 8. The molecule has 1 aliphatic rings. The molecule has 116 valence electrons. The maximum atomic E-state index is 11.6. The molecule has 1 aromatic carbocycles. The number of carbonyl (C=O) groups excluding carboxylic acids is 1. The Bertz CT molecular complexity index is 451. The van der Waals surface area contributed by atoms with Gasteiger partial charge in [-0.2, -0.15) is 0 Å². The molecule has 0 atom stereocenters. The van der Waals surface area contributed by atoms with Crippen molar-refractivity contribution in [2.75, 3.05) is 46.4 Å². The summed E-state index contributed by atoms with van der Waals surface area (Å²) < 4.78 is 4.91. The quantitative estimate of drug-likeness (QED) is 0.681. The maximum Gasteiger partial charge on any atom is 0.234 e. The second-order valence-electron chi connectivity index (χ2n) is 5.31. The first-order valence-electron chi connectivity index (χ1n) is 7.55. The largest absolute Gasteiger partial charge is 0.383 e. The number of carbonyl (C=O) groups is 1. The highest BCUT2D eigenvalue weighted by Gasteiger charge is 2.15. The molecule has 2 rings (SSSR count). The highest BCUT2D eigenvalue weighted by Crippen LogP contribution is 2.17. The van der Waals surface area contributed by atoms with Gasteiger partial charge in [0.1, 0.15) is 0 Å². The van der Waals surface area contributed by atoms with Crippen molar-refractivity contribution in [2.24, 2.45) is 0 Å². The molecule has 0 aliphatic carbocycles. The van der Waals surface area contributed by atoms with Gasteiger partial charge in [0.15, 0.2) is 0 Å². The van der Waals surface area contributed by atoms with Crippen LogP contribution in [0.2, 0.25) is 0 Å². The van der Waals surface area contributed by atoms with Crippen molar-refractivity contribution >= 4 is 5.91 Å². The van der Waals surface area contributed by atoms with Crippen molar-refractivity contribution in [3.63, 3.8) is 0 Å². The summed E-state index contributed by atoms with van der Waals surface area (Å²) in [5.74, 6) is 0.0449. The molecule has 2 N–H and O–H groups in total. The minimum absolute atomic E-state index is 0.0449. The highest BCUT2D eigenvalue weighted by atomic mass is 16.5. The molecular weight excluding hydrogens is 266 g/mol. The minimum atomic E-state index is 0.0449. The Balaban J connectivity index is 1.60. The number of hydrogen-bond donors (Lipinski definition) is 2. The first kappa shape index (κ1) is 15.9. The number of amides is 1. The zero-order chi connectivity index (χ0) is 14.9. The van der Waals surface area contributed by atoms with Gasteiger partial charge in [0, 0.05) is 39.8 Å². The van der Waals surface area contributed by atoms with E-state index < -0.39 is 0 Å². The van der Waals surface area contributed by atoms with Crippen LogP contribution in [0.5, 0.6) is 0 Å². The molecule has 5 nitrogen and oxygen atoms in total. The summed E-state index contributed by atoms with van der Waals surface area (Å²) in [4.78, 5) is 14.0. The molecule has 0 saturated heterocycles. The van der Waals surface area contributed by atoms with Crippen LogP contribution in [-0.4, -0.2) is 57.2 Å². The van der Waals surface area contributed by atoms with Crippen molar-refractivity contribution in [3.05, 3.63) is 35.4 Å². The number of benzene rings is 1. The van der Waals surface area contributed by atoms with Crippen LogP contribution < -0.4 is 10.6 Å². The van der Waals surface area contributed by atoms with Gasteiger partial charge < -0.3 is 15.4 Å². The summed E-state index contributed by atoms with van der Waals surface area (Å²) in [5, 5.41) is 5.98. The summed E-state index contributed by atoms with van der Waals surface area (Å²) in [6.45, 7) is 5.34. The van der Waals surface area contributed by atoms with E-state index in [1.54, 1.807) is 7.11 Å². The maximum absolute atomic E-state index is 11.6. The van der Waals surface area contributed by atoms with Gasteiger partial charge in [-0.15, -0.1) is 0 Å². The summed E-state index contributed by atoms with van der Waals surface area (Å²) in [6, 6.07) is 8.60. The number of methoxy groups -OCH3 is 1. The van der Waals surface area contributed by atoms with E-state index in [4.69, 9.17) is 4.74 Å². The van der Waals surface area contributed by atoms with E-state index in [2.05, 4.69) is 39.8 Å². The van der Waals surface area contributed by atoms with Crippen LogP contribution in [0.25, 0.3) is 0 Å². The average molecular weight is 291 g/mol. The second kappa shape index (κ2) is 8.77. The molecule has 1 heterocycles. The first-order chi connectivity index (χ1) is 10.3. The average Bonchev–Trinajstić information content (AvgIpc) is 2.51. The summed E-state index contributed by atoms with van der Waals surface area (Å²) >= 11 is 0. The summed E-state index contributed by atoms with van der Waals surface area (Å²) in [6.07, 6.45) is 1.10. The van der Waals surface area contributed by atoms with Crippen LogP contribution in [0.3, 0.4) is 0 Å². The van der Waals surface area contributed by atoms with Crippen LogP contribution in [0, 0.1) is 0 Å². The van der Waals surface area contributed by atoms with E-state index in [9.17, 15) is 4.79 Å². The van der Waals surface area contributed by atoms with Gasteiger partial charge in [-0.3, -0.25) is 9.69 Å². The number of nitrogens with one attached hydrogen (secondary N) is 2. The molecule has 0 unspecified atom stereocenters. The highest BCUT2D eigenvalue weighted by molar-refractivity contribution is 5.77. The van der Waals surface area contributed by atoms with Gasteiger partial charge in [0.05, 0.1) is 13.2 Å². The summed E-state index contributed by atoms with van der Waals surface area (Å²) in [5.41, 5.74) is 2.87. The van der Waals surface area contributed by atoms with E-state index in [-0.39, 0.29) is 5.91 Å². The molecule has 0 radical (unpaired) electrons. The molecule has 0 aromatic heterocycles. The SMILES string of the molecule is COCCNCC(=O)NCCN1CCc2ccccc2C1. The molecule has 1 aliphatic heterocycles. The Hall–Kier alpha value is -1.43. The van der Waals surface area contributed by atoms with Crippen molar-refractivity contribution < 1.29 is 9.53 Å². The smallest absolute Gasteiger partial charge is 0.234 e. The van der Waals surface area contributed by atoms with E-state index in [0.29, 0.717) is 26.2 Å². The number of ether oxygens (including phenoxy) is 1. The fraction of sp³-hybridized carbons (Fsp3) is 0.562. The first-order valence-corrected chi connectivity index (χ1v) is 7.55. The van der Waals surface area contributed by atoms with Gasteiger partial charge >= 0.3 is 0 Å². The monoisotopic (exact) mass is 291 g/mol. The molecular formula is C16H25N3O2. The molecule has 1 aromatic rings. The van der Waals surface area contributed by atoms with Gasteiger partial charge in [0.25, 0.3) is 0 Å². The normalized spacial score (nSPS) is 14.7. The Labute approximate surface area is 126 Å². The third kappa shape index (κ3) is 5.46. The summed E-state index contributed by atoms with van der Waals surface area (Å²) in [7, 11) is 1.65. The fourth-order valence-electron chi connectivity index (χ4n) is 2.54. The predicted octanol–water partition coefficient (Wildman–Crippen LogP) is 0.397. The van der Waals surface area contributed by atoms with E-state index in [0.717, 1.165) is 26.1 Å². The van der Waals surface area contributed by atoms with Crippen LogP contribution in [-0.2, 0) is 22.5 Å².